The number of hydrogen-bond donors (Lipinski definition) is 2. The smallest absolute Gasteiger partial charge is 0.169 e. The lowest BCUT2D eigenvalue weighted by atomic mass is 10.3. The molecule has 0 unspecified atom stereocenters. The molecule has 0 aromatic carbocycles. The molecule has 80 valence electrons. The zero-order valence-electron chi connectivity index (χ0n) is 8.16. The van der Waals surface area contributed by atoms with Crippen molar-refractivity contribution < 1.29 is 4.42 Å². The van der Waals surface area contributed by atoms with E-state index < -0.39 is 0 Å². The summed E-state index contributed by atoms with van der Waals surface area (Å²) in [4.78, 5) is 7.15. The maximum Gasteiger partial charge on any atom is 0.169 e. The monoisotopic (exact) mass is 269 g/mol. The van der Waals surface area contributed by atoms with Crippen LogP contribution in [0.25, 0.3) is 0 Å². The van der Waals surface area contributed by atoms with E-state index >= 15 is 0 Å². The van der Waals surface area contributed by atoms with E-state index in [4.69, 9.17) is 4.42 Å². The molecule has 0 saturated carbocycles. The molecule has 2 heterocycles. The Labute approximate surface area is 96.2 Å². The predicted octanol–water partition coefficient (Wildman–Crippen LogP) is 2.10. The van der Waals surface area contributed by atoms with Gasteiger partial charge in [-0.15, -0.1) is 0 Å². The van der Waals surface area contributed by atoms with E-state index in [0.717, 1.165) is 35.8 Å². The molecule has 0 spiro atoms. The average molecular weight is 270 g/mol. The third kappa shape index (κ3) is 3.21. The number of aromatic amines is 1. The van der Waals surface area contributed by atoms with Gasteiger partial charge in [0.15, 0.2) is 4.67 Å². The molecule has 0 amide bonds. The molecule has 0 atom stereocenters. The Morgan fingerprint density at radius 3 is 3.07 bits per heavy atom. The predicted molar refractivity (Wildman–Crippen MR) is 60.4 cm³/mol. The number of aromatic nitrogens is 2. The van der Waals surface area contributed by atoms with Gasteiger partial charge in [0.05, 0.1) is 6.54 Å². The number of hydrogen-bond acceptors (Lipinski definition) is 3. The molecular formula is C10H12BrN3O. The van der Waals surface area contributed by atoms with Crippen LogP contribution in [0.4, 0.5) is 0 Å². The first kappa shape index (κ1) is 10.4. The molecule has 0 radical (unpaired) electrons. The van der Waals surface area contributed by atoms with Gasteiger partial charge in [0.25, 0.3) is 0 Å². The lowest BCUT2D eigenvalue weighted by molar-refractivity contribution is 0.478. The molecular weight excluding hydrogens is 258 g/mol. The molecule has 2 aromatic rings. The van der Waals surface area contributed by atoms with E-state index in [-0.39, 0.29) is 0 Å². The van der Waals surface area contributed by atoms with Crippen molar-refractivity contribution >= 4 is 15.9 Å². The van der Waals surface area contributed by atoms with E-state index in [0.29, 0.717) is 0 Å². The van der Waals surface area contributed by atoms with Gasteiger partial charge in [-0.25, -0.2) is 4.98 Å². The van der Waals surface area contributed by atoms with Crippen LogP contribution in [0.3, 0.4) is 0 Å². The van der Waals surface area contributed by atoms with Gasteiger partial charge < -0.3 is 14.7 Å². The molecule has 0 aliphatic carbocycles. The van der Waals surface area contributed by atoms with Crippen LogP contribution in [-0.4, -0.2) is 16.5 Å². The minimum atomic E-state index is 0.759. The van der Waals surface area contributed by atoms with Crippen LogP contribution in [0, 0.1) is 0 Å². The van der Waals surface area contributed by atoms with Crippen molar-refractivity contribution in [1.82, 2.24) is 15.3 Å². The number of nitrogens with one attached hydrogen (secondary N) is 2. The topological polar surface area (TPSA) is 53.9 Å². The van der Waals surface area contributed by atoms with Gasteiger partial charge in [0.2, 0.25) is 0 Å². The zero-order chi connectivity index (χ0) is 10.5. The van der Waals surface area contributed by atoms with Crippen molar-refractivity contribution in [3.8, 4) is 0 Å². The number of furan rings is 1. The lowest BCUT2D eigenvalue weighted by Gasteiger charge is -2.00. The number of imidazole rings is 1. The fourth-order valence-electron chi connectivity index (χ4n) is 1.30. The molecule has 5 heteroatoms. The molecule has 0 aliphatic rings. The first-order chi connectivity index (χ1) is 7.34. The number of H-pyrrole nitrogens is 1. The summed E-state index contributed by atoms with van der Waals surface area (Å²) in [5, 5.41) is 3.28. The second-order valence-electron chi connectivity index (χ2n) is 3.17. The quantitative estimate of drug-likeness (QED) is 0.818. The third-order valence-electron chi connectivity index (χ3n) is 2.02. The first-order valence-electron chi connectivity index (χ1n) is 4.78. The molecule has 2 N–H and O–H groups in total. The number of rotatable bonds is 5. The van der Waals surface area contributed by atoms with Crippen molar-refractivity contribution in [2.24, 2.45) is 0 Å². The maximum atomic E-state index is 5.37. The van der Waals surface area contributed by atoms with Gasteiger partial charge in [-0.05, 0) is 28.1 Å². The minimum Gasteiger partial charge on any atom is -0.454 e. The number of halogens is 1. The molecule has 0 saturated heterocycles. The van der Waals surface area contributed by atoms with Crippen LogP contribution in [-0.2, 0) is 13.0 Å². The van der Waals surface area contributed by atoms with Crippen LogP contribution in [0.1, 0.15) is 11.6 Å². The summed E-state index contributed by atoms with van der Waals surface area (Å²) in [5.74, 6) is 1.93. The standard InChI is InChI=1S/C10H12BrN3O/c11-9-2-1-8(15-9)3-4-12-7-10-13-5-6-14-10/h1-2,5-6,12H,3-4,7H2,(H,13,14). The fraction of sp³-hybridized carbons (Fsp3) is 0.300. The Morgan fingerprint density at radius 1 is 1.47 bits per heavy atom. The summed E-state index contributed by atoms with van der Waals surface area (Å²) >= 11 is 3.27. The van der Waals surface area contributed by atoms with Crippen LogP contribution in [0.5, 0.6) is 0 Å². The zero-order valence-corrected chi connectivity index (χ0v) is 9.75. The van der Waals surface area contributed by atoms with E-state index in [2.05, 4.69) is 31.2 Å². The molecule has 0 bridgehead atoms. The van der Waals surface area contributed by atoms with Crippen molar-refractivity contribution in [3.63, 3.8) is 0 Å². The number of nitrogens with zero attached hydrogens (tertiary/aromatic N) is 1. The summed E-state index contributed by atoms with van der Waals surface area (Å²) in [5.41, 5.74) is 0. The van der Waals surface area contributed by atoms with Crippen molar-refractivity contribution in [1.29, 1.82) is 0 Å². The van der Waals surface area contributed by atoms with E-state index in [1.165, 1.54) is 0 Å². The Morgan fingerprint density at radius 2 is 2.40 bits per heavy atom. The van der Waals surface area contributed by atoms with Crippen LogP contribution in [0.2, 0.25) is 0 Å². The SMILES string of the molecule is Brc1ccc(CCNCc2ncc[nH]2)o1. The van der Waals surface area contributed by atoms with E-state index in [1.54, 1.807) is 6.20 Å². The minimum absolute atomic E-state index is 0.759. The summed E-state index contributed by atoms with van der Waals surface area (Å²) in [7, 11) is 0. The van der Waals surface area contributed by atoms with Gasteiger partial charge in [-0.1, -0.05) is 0 Å². The molecule has 15 heavy (non-hydrogen) atoms. The van der Waals surface area contributed by atoms with Crippen molar-refractivity contribution in [2.45, 2.75) is 13.0 Å². The van der Waals surface area contributed by atoms with Crippen molar-refractivity contribution in [2.75, 3.05) is 6.54 Å². The Hall–Kier alpha value is -1.07. The second-order valence-corrected chi connectivity index (χ2v) is 3.95. The summed E-state index contributed by atoms with van der Waals surface area (Å²) < 4.78 is 6.16. The third-order valence-corrected chi connectivity index (χ3v) is 2.45. The summed E-state index contributed by atoms with van der Waals surface area (Å²) in [6.45, 7) is 1.63. The normalized spacial score (nSPS) is 10.7. The van der Waals surface area contributed by atoms with Crippen molar-refractivity contribution in [3.05, 3.63) is 40.8 Å². The van der Waals surface area contributed by atoms with Gasteiger partial charge >= 0.3 is 0 Å². The average Bonchev–Trinajstić information content (AvgIpc) is 2.84. The van der Waals surface area contributed by atoms with Crippen LogP contribution >= 0.6 is 15.9 Å². The Kier molecular flexibility index (Phi) is 3.58. The highest BCUT2D eigenvalue weighted by atomic mass is 79.9. The van der Waals surface area contributed by atoms with Crippen LogP contribution < -0.4 is 5.32 Å². The molecule has 2 aromatic heterocycles. The highest BCUT2D eigenvalue weighted by molar-refractivity contribution is 9.10. The van der Waals surface area contributed by atoms with Gasteiger partial charge in [-0.3, -0.25) is 0 Å². The molecule has 0 fully saturated rings. The highest BCUT2D eigenvalue weighted by Crippen LogP contribution is 2.13. The van der Waals surface area contributed by atoms with Gasteiger partial charge in [-0.2, -0.15) is 0 Å². The van der Waals surface area contributed by atoms with Gasteiger partial charge in [0.1, 0.15) is 11.6 Å². The summed E-state index contributed by atoms with van der Waals surface area (Å²) in [6.07, 6.45) is 4.45. The Balaban J connectivity index is 1.67. The Bertz CT molecular complexity index is 396. The summed E-state index contributed by atoms with van der Waals surface area (Å²) in [6, 6.07) is 3.88. The first-order valence-corrected chi connectivity index (χ1v) is 5.57. The largest absolute Gasteiger partial charge is 0.454 e. The van der Waals surface area contributed by atoms with Crippen LogP contribution in [0.15, 0.2) is 33.6 Å². The maximum absolute atomic E-state index is 5.37. The molecule has 2 rings (SSSR count). The molecule has 4 nitrogen and oxygen atoms in total. The van der Waals surface area contributed by atoms with E-state index in [9.17, 15) is 0 Å². The fourth-order valence-corrected chi connectivity index (χ4v) is 1.64. The van der Waals surface area contributed by atoms with Gasteiger partial charge in [0, 0.05) is 25.4 Å². The second kappa shape index (κ2) is 5.14. The molecule has 0 aliphatic heterocycles. The van der Waals surface area contributed by atoms with E-state index in [1.807, 2.05) is 18.3 Å². The highest BCUT2D eigenvalue weighted by Gasteiger charge is 1.99. The lowest BCUT2D eigenvalue weighted by Crippen LogP contribution is -2.17.